The van der Waals surface area contributed by atoms with Crippen molar-refractivity contribution in [2.24, 2.45) is 10.8 Å². The highest BCUT2D eigenvalue weighted by atomic mass is 28.3. The second kappa shape index (κ2) is 1.73. The molecule has 0 aromatic heterocycles. The van der Waals surface area contributed by atoms with Gasteiger partial charge in [-0.2, -0.15) is 0 Å². The third-order valence-corrected chi connectivity index (χ3v) is 2.29. The Bertz CT molecular complexity index is 38.5. The normalized spacial score (nSPS) is 12.0. The lowest BCUT2D eigenvalue weighted by Crippen LogP contribution is -2.51. The van der Waals surface area contributed by atoms with Crippen LogP contribution in [0.15, 0.2) is 0 Å². The lowest BCUT2D eigenvalue weighted by atomic mass is 11.0. The maximum Gasteiger partial charge on any atom is 0.192 e. The summed E-state index contributed by atoms with van der Waals surface area (Å²) in [6.07, 6.45) is 0. The first-order valence-electron chi connectivity index (χ1n) is 2.14. The monoisotopic (exact) mass is 104 g/mol. The highest BCUT2D eigenvalue weighted by Gasteiger charge is 2.09. The Labute approximate surface area is 39.7 Å². The standard InChI is InChI=1S/C3H12N2Si/c1-3-6(2,4)5/h3-5H2,1-2H3. The Morgan fingerprint density at radius 2 is 1.67 bits per heavy atom. The second-order valence-corrected chi connectivity index (χ2v) is 5.58. The van der Waals surface area contributed by atoms with Crippen LogP contribution in [0.3, 0.4) is 0 Å². The average molecular weight is 104 g/mol. The van der Waals surface area contributed by atoms with E-state index in [1.807, 2.05) is 13.5 Å². The maximum absolute atomic E-state index is 5.45. The highest BCUT2D eigenvalue weighted by Crippen LogP contribution is 1.86. The first kappa shape index (κ1) is 6.14. The van der Waals surface area contributed by atoms with Crippen molar-refractivity contribution in [2.45, 2.75) is 19.5 Å². The van der Waals surface area contributed by atoms with Gasteiger partial charge in [0.2, 0.25) is 0 Å². The summed E-state index contributed by atoms with van der Waals surface area (Å²) in [5, 5.41) is 10.9. The SMILES string of the molecule is CC[Si](C)(N)N. The van der Waals surface area contributed by atoms with Crippen molar-refractivity contribution in [2.75, 3.05) is 0 Å². The van der Waals surface area contributed by atoms with Crippen LogP contribution in [0.1, 0.15) is 6.92 Å². The van der Waals surface area contributed by atoms with Gasteiger partial charge in [-0.15, -0.1) is 0 Å². The molecule has 0 bridgehead atoms. The Morgan fingerprint density at radius 3 is 1.67 bits per heavy atom. The van der Waals surface area contributed by atoms with E-state index in [0.29, 0.717) is 0 Å². The molecule has 0 aliphatic rings. The third-order valence-electron chi connectivity index (χ3n) is 0.762. The zero-order valence-electron chi connectivity index (χ0n) is 4.36. The fourth-order valence-corrected chi connectivity index (χ4v) is 0. The van der Waals surface area contributed by atoms with Crippen LogP contribution in [-0.2, 0) is 0 Å². The van der Waals surface area contributed by atoms with Crippen molar-refractivity contribution in [3.8, 4) is 0 Å². The van der Waals surface area contributed by atoms with E-state index in [0.717, 1.165) is 6.04 Å². The number of hydrogen-bond acceptors (Lipinski definition) is 2. The van der Waals surface area contributed by atoms with Gasteiger partial charge in [0.05, 0.1) is 0 Å². The molecule has 0 heterocycles. The van der Waals surface area contributed by atoms with E-state index in [4.69, 9.17) is 10.8 Å². The van der Waals surface area contributed by atoms with Gasteiger partial charge < -0.3 is 10.8 Å². The largest absolute Gasteiger partial charge is 0.339 e. The van der Waals surface area contributed by atoms with E-state index >= 15 is 0 Å². The van der Waals surface area contributed by atoms with Crippen LogP contribution in [0.5, 0.6) is 0 Å². The molecule has 0 saturated carbocycles. The molecule has 0 radical (unpaired) electrons. The molecule has 38 valence electrons. The van der Waals surface area contributed by atoms with Crippen LogP contribution in [0.2, 0.25) is 12.6 Å². The lowest BCUT2D eigenvalue weighted by Gasteiger charge is -2.08. The number of nitrogens with two attached hydrogens (primary N) is 2. The number of hydrogen-bond donors (Lipinski definition) is 2. The molecule has 4 N–H and O–H groups in total. The highest BCUT2D eigenvalue weighted by molar-refractivity contribution is 6.72. The molecule has 0 amide bonds. The van der Waals surface area contributed by atoms with E-state index in [2.05, 4.69) is 0 Å². The van der Waals surface area contributed by atoms with Crippen LogP contribution in [0.25, 0.3) is 0 Å². The quantitative estimate of drug-likeness (QED) is 0.460. The van der Waals surface area contributed by atoms with E-state index in [1.165, 1.54) is 0 Å². The summed E-state index contributed by atoms with van der Waals surface area (Å²) in [7, 11) is -1.63. The molecule has 0 aliphatic carbocycles. The smallest absolute Gasteiger partial charge is 0.192 e. The van der Waals surface area contributed by atoms with E-state index in [9.17, 15) is 0 Å². The average Bonchev–Trinajstić information content (AvgIpc) is 1.35. The molecule has 0 rings (SSSR count). The van der Waals surface area contributed by atoms with Crippen LogP contribution in [-0.4, -0.2) is 8.40 Å². The molecule has 0 saturated heterocycles. The van der Waals surface area contributed by atoms with Crippen molar-refractivity contribution in [1.82, 2.24) is 0 Å². The summed E-state index contributed by atoms with van der Waals surface area (Å²) in [6.45, 7) is 3.96. The van der Waals surface area contributed by atoms with Crippen molar-refractivity contribution < 1.29 is 0 Å². The first-order chi connectivity index (χ1) is 2.56. The summed E-state index contributed by atoms with van der Waals surface area (Å²) < 4.78 is 0. The van der Waals surface area contributed by atoms with Gasteiger partial charge in [0.15, 0.2) is 8.40 Å². The summed E-state index contributed by atoms with van der Waals surface area (Å²) in [5.41, 5.74) is 0. The van der Waals surface area contributed by atoms with Gasteiger partial charge in [0.25, 0.3) is 0 Å². The Kier molecular flexibility index (Phi) is 1.77. The van der Waals surface area contributed by atoms with Crippen molar-refractivity contribution in [3.63, 3.8) is 0 Å². The van der Waals surface area contributed by atoms with Gasteiger partial charge in [0, 0.05) is 0 Å². The molecule has 0 unspecified atom stereocenters. The molecule has 0 atom stereocenters. The van der Waals surface area contributed by atoms with E-state index < -0.39 is 8.40 Å². The van der Waals surface area contributed by atoms with Gasteiger partial charge in [-0.1, -0.05) is 6.92 Å². The minimum absolute atomic E-state index is 0.965. The minimum Gasteiger partial charge on any atom is -0.339 e. The molecule has 0 aliphatic heterocycles. The molecule has 0 aromatic carbocycles. The fourth-order valence-electron chi connectivity index (χ4n) is 0. The van der Waals surface area contributed by atoms with Gasteiger partial charge in [0.1, 0.15) is 0 Å². The predicted molar refractivity (Wildman–Crippen MR) is 30.5 cm³/mol. The second-order valence-electron chi connectivity index (χ2n) is 1.86. The summed E-state index contributed by atoms with van der Waals surface area (Å²) in [5.74, 6) is 0. The van der Waals surface area contributed by atoms with Gasteiger partial charge >= 0.3 is 0 Å². The maximum atomic E-state index is 5.45. The van der Waals surface area contributed by atoms with E-state index in [1.54, 1.807) is 0 Å². The molecule has 0 aromatic rings. The zero-order chi connectivity index (χ0) is 5.21. The van der Waals surface area contributed by atoms with Crippen LogP contribution in [0.4, 0.5) is 0 Å². The zero-order valence-corrected chi connectivity index (χ0v) is 5.36. The molecule has 6 heavy (non-hydrogen) atoms. The molecular weight excluding hydrogens is 92.1 g/mol. The van der Waals surface area contributed by atoms with Crippen molar-refractivity contribution in [1.29, 1.82) is 0 Å². The lowest BCUT2D eigenvalue weighted by molar-refractivity contribution is 1.29. The van der Waals surface area contributed by atoms with Crippen molar-refractivity contribution >= 4 is 8.40 Å². The molecule has 2 nitrogen and oxygen atoms in total. The van der Waals surface area contributed by atoms with Gasteiger partial charge in [-0.3, -0.25) is 0 Å². The molecular formula is C3H12N2Si. The number of rotatable bonds is 1. The molecule has 0 fully saturated rings. The van der Waals surface area contributed by atoms with Gasteiger partial charge in [-0.25, -0.2) is 0 Å². The first-order valence-corrected chi connectivity index (χ1v) is 5.00. The molecule has 0 spiro atoms. The van der Waals surface area contributed by atoms with Crippen LogP contribution >= 0.6 is 0 Å². The summed E-state index contributed by atoms with van der Waals surface area (Å²) >= 11 is 0. The van der Waals surface area contributed by atoms with Crippen molar-refractivity contribution in [3.05, 3.63) is 0 Å². The molecule has 3 heteroatoms. The Hall–Kier alpha value is 0.137. The third kappa shape index (κ3) is 4.14. The van der Waals surface area contributed by atoms with Gasteiger partial charge in [-0.05, 0) is 12.6 Å². The Morgan fingerprint density at radius 1 is 1.50 bits per heavy atom. The fraction of sp³-hybridized carbons (Fsp3) is 1.00. The van der Waals surface area contributed by atoms with Crippen LogP contribution in [0, 0.1) is 0 Å². The topological polar surface area (TPSA) is 52.0 Å². The van der Waals surface area contributed by atoms with Crippen LogP contribution < -0.4 is 10.8 Å². The Balaban J connectivity index is 3.17. The summed E-state index contributed by atoms with van der Waals surface area (Å²) in [4.78, 5) is 0. The predicted octanol–water partition coefficient (Wildman–Crippen LogP) is -0.00430. The summed E-state index contributed by atoms with van der Waals surface area (Å²) in [6, 6.07) is 0.965. The minimum atomic E-state index is -1.63. The van der Waals surface area contributed by atoms with E-state index in [-0.39, 0.29) is 0 Å².